The lowest BCUT2D eigenvalue weighted by molar-refractivity contribution is -0.133. The van der Waals surface area contributed by atoms with Crippen LogP contribution in [0.1, 0.15) is 56.1 Å². The van der Waals surface area contributed by atoms with Crippen LogP contribution in [0.2, 0.25) is 0 Å². The van der Waals surface area contributed by atoms with Gasteiger partial charge in [0, 0.05) is 32.5 Å². The molecule has 1 atom stereocenters. The molecule has 2 aliphatic heterocycles. The second kappa shape index (κ2) is 8.07. The van der Waals surface area contributed by atoms with Crippen LogP contribution in [0, 0.1) is 0 Å². The minimum absolute atomic E-state index is 0.0397. The van der Waals surface area contributed by atoms with Crippen molar-refractivity contribution in [1.82, 2.24) is 24.6 Å². The molecule has 24 heavy (non-hydrogen) atoms. The van der Waals surface area contributed by atoms with Crippen molar-refractivity contribution in [2.75, 3.05) is 32.8 Å². The van der Waals surface area contributed by atoms with E-state index in [0.717, 1.165) is 50.7 Å². The van der Waals surface area contributed by atoms with Gasteiger partial charge in [-0.2, -0.15) is 0 Å². The van der Waals surface area contributed by atoms with Crippen molar-refractivity contribution in [3.63, 3.8) is 0 Å². The van der Waals surface area contributed by atoms with E-state index in [1.54, 1.807) is 0 Å². The Bertz CT molecular complexity index is 553. The fraction of sp³-hybridized carbons (Fsp3) is 0.824. The van der Waals surface area contributed by atoms with Crippen molar-refractivity contribution >= 4 is 5.91 Å². The summed E-state index contributed by atoms with van der Waals surface area (Å²) in [6.45, 7) is 4.56. The van der Waals surface area contributed by atoms with Crippen LogP contribution in [0.25, 0.3) is 0 Å². The smallest absolute Gasteiger partial charge is 0.224 e. The van der Waals surface area contributed by atoms with Gasteiger partial charge in [-0.3, -0.25) is 9.69 Å². The molecule has 0 saturated carbocycles. The maximum atomic E-state index is 12.0. The fourth-order valence-corrected chi connectivity index (χ4v) is 3.85. The molecular weight excluding hydrogens is 306 g/mol. The summed E-state index contributed by atoms with van der Waals surface area (Å²) in [6.07, 6.45) is 6.12. The Labute approximate surface area is 143 Å². The topological polar surface area (TPSA) is 74.5 Å². The number of aliphatic hydroxyl groups excluding tert-OH is 1. The normalized spacial score (nSPS) is 22.8. The Kier molecular flexibility index (Phi) is 5.84. The lowest BCUT2D eigenvalue weighted by Crippen LogP contribution is -2.40. The molecule has 0 spiro atoms. The van der Waals surface area contributed by atoms with Crippen molar-refractivity contribution in [1.29, 1.82) is 0 Å². The zero-order valence-corrected chi connectivity index (χ0v) is 14.7. The van der Waals surface area contributed by atoms with Crippen LogP contribution >= 0.6 is 0 Å². The maximum absolute atomic E-state index is 12.0. The highest BCUT2D eigenvalue weighted by Gasteiger charge is 2.28. The zero-order chi connectivity index (χ0) is 16.9. The number of carbonyl (C=O) groups excluding carboxylic acids is 1. The highest BCUT2D eigenvalue weighted by molar-refractivity contribution is 5.76. The molecule has 1 N–H and O–H groups in total. The number of rotatable bonds is 5. The summed E-state index contributed by atoms with van der Waals surface area (Å²) in [4.78, 5) is 16.4. The molecule has 1 aromatic heterocycles. The minimum atomic E-state index is -0.0794. The van der Waals surface area contributed by atoms with Crippen molar-refractivity contribution < 1.29 is 9.90 Å². The van der Waals surface area contributed by atoms with Crippen molar-refractivity contribution in [2.45, 2.75) is 51.0 Å². The Morgan fingerprint density at radius 1 is 1.17 bits per heavy atom. The summed E-state index contributed by atoms with van der Waals surface area (Å²) < 4.78 is 2.12. The number of hydrogen-bond acceptors (Lipinski definition) is 5. The second-order valence-corrected chi connectivity index (χ2v) is 7.02. The summed E-state index contributed by atoms with van der Waals surface area (Å²) in [5, 5.41) is 17.8. The number of nitrogens with zero attached hydrogens (tertiary/aromatic N) is 5. The first-order valence-corrected chi connectivity index (χ1v) is 9.18. The molecule has 2 aliphatic rings. The van der Waals surface area contributed by atoms with E-state index < -0.39 is 0 Å². The molecule has 7 heteroatoms. The number of aliphatic hydroxyl groups is 1. The van der Waals surface area contributed by atoms with Crippen LogP contribution in [0.5, 0.6) is 0 Å². The molecule has 3 rings (SSSR count). The highest BCUT2D eigenvalue weighted by atomic mass is 16.3. The van der Waals surface area contributed by atoms with Crippen LogP contribution in [0.15, 0.2) is 0 Å². The van der Waals surface area contributed by atoms with Gasteiger partial charge in [0.2, 0.25) is 5.91 Å². The molecule has 1 unspecified atom stereocenters. The Hall–Kier alpha value is -1.47. The lowest BCUT2D eigenvalue weighted by Gasteiger charge is -2.32. The third-order valence-electron chi connectivity index (χ3n) is 5.28. The number of aromatic nitrogens is 3. The van der Waals surface area contributed by atoms with Crippen molar-refractivity contribution in [3.8, 4) is 0 Å². The number of carbonyl (C=O) groups is 1. The summed E-state index contributed by atoms with van der Waals surface area (Å²) in [6, 6.07) is 0. The second-order valence-electron chi connectivity index (χ2n) is 7.02. The summed E-state index contributed by atoms with van der Waals surface area (Å²) >= 11 is 0. The van der Waals surface area contributed by atoms with Crippen LogP contribution < -0.4 is 0 Å². The monoisotopic (exact) mass is 335 g/mol. The molecule has 1 aromatic rings. The quantitative estimate of drug-likeness (QED) is 0.865. The van der Waals surface area contributed by atoms with Crippen molar-refractivity contribution in [3.05, 3.63) is 11.6 Å². The van der Waals surface area contributed by atoms with Crippen LogP contribution in [0.4, 0.5) is 0 Å². The number of likely N-dealkylation sites (tertiary alicyclic amines) is 2. The molecule has 3 heterocycles. The first-order chi connectivity index (χ1) is 11.7. The van der Waals surface area contributed by atoms with Gasteiger partial charge in [-0.05, 0) is 38.8 Å². The molecule has 0 aromatic carbocycles. The van der Waals surface area contributed by atoms with E-state index in [4.69, 9.17) is 5.11 Å². The number of amides is 1. The largest absolute Gasteiger partial charge is 0.396 e. The molecule has 0 radical (unpaired) electrons. The van der Waals surface area contributed by atoms with Crippen LogP contribution in [0.3, 0.4) is 0 Å². The molecule has 0 aliphatic carbocycles. The number of hydrogen-bond donors (Lipinski definition) is 1. The molecule has 134 valence electrons. The van der Waals surface area contributed by atoms with Crippen LogP contribution in [-0.2, 0) is 18.4 Å². The zero-order valence-electron chi connectivity index (χ0n) is 14.7. The molecule has 0 bridgehead atoms. The van der Waals surface area contributed by atoms with Crippen molar-refractivity contribution in [2.24, 2.45) is 7.05 Å². The lowest BCUT2D eigenvalue weighted by atomic mass is 9.97. The van der Waals surface area contributed by atoms with E-state index in [1.165, 1.54) is 19.3 Å². The summed E-state index contributed by atoms with van der Waals surface area (Å²) in [5.74, 6) is 2.29. The SMILES string of the molecule is Cn1c(CN2CCCCC2)nnc1C1CCCN(C(=O)CCO)C1. The maximum Gasteiger partial charge on any atom is 0.224 e. The van der Waals surface area contributed by atoms with E-state index in [9.17, 15) is 4.79 Å². The van der Waals surface area contributed by atoms with Gasteiger partial charge in [0.05, 0.1) is 13.2 Å². The van der Waals surface area contributed by atoms with E-state index in [0.29, 0.717) is 6.54 Å². The minimum Gasteiger partial charge on any atom is -0.396 e. The van der Waals surface area contributed by atoms with E-state index in [-0.39, 0.29) is 24.9 Å². The van der Waals surface area contributed by atoms with Gasteiger partial charge in [0.25, 0.3) is 0 Å². The predicted molar refractivity (Wildman–Crippen MR) is 90.4 cm³/mol. The summed E-state index contributed by atoms with van der Waals surface area (Å²) in [7, 11) is 2.04. The average molecular weight is 335 g/mol. The van der Waals surface area contributed by atoms with E-state index in [2.05, 4.69) is 19.7 Å². The first-order valence-electron chi connectivity index (χ1n) is 9.18. The van der Waals surface area contributed by atoms with Gasteiger partial charge in [-0.25, -0.2) is 0 Å². The number of piperidine rings is 2. The van der Waals surface area contributed by atoms with Gasteiger partial charge < -0.3 is 14.6 Å². The predicted octanol–water partition coefficient (Wildman–Crippen LogP) is 0.889. The van der Waals surface area contributed by atoms with Gasteiger partial charge in [0.15, 0.2) is 0 Å². The third-order valence-corrected chi connectivity index (χ3v) is 5.28. The summed E-state index contributed by atoms with van der Waals surface area (Å²) in [5.41, 5.74) is 0. The van der Waals surface area contributed by atoms with Gasteiger partial charge in [-0.1, -0.05) is 6.42 Å². The molecule has 2 fully saturated rings. The van der Waals surface area contributed by atoms with E-state index >= 15 is 0 Å². The standard InChI is InChI=1S/C17H29N5O2/c1-20-15(13-21-8-3-2-4-9-21)18-19-17(20)14-6-5-10-22(12-14)16(24)7-11-23/h14,23H,2-13H2,1H3. The molecular formula is C17H29N5O2. The van der Waals surface area contributed by atoms with Gasteiger partial charge in [0.1, 0.15) is 11.6 Å². The highest BCUT2D eigenvalue weighted by Crippen LogP contribution is 2.26. The molecule has 7 nitrogen and oxygen atoms in total. The average Bonchev–Trinajstić information content (AvgIpc) is 2.97. The Balaban J connectivity index is 1.64. The van der Waals surface area contributed by atoms with E-state index in [1.807, 2.05) is 11.9 Å². The van der Waals surface area contributed by atoms with Gasteiger partial charge >= 0.3 is 0 Å². The third kappa shape index (κ3) is 3.95. The Morgan fingerprint density at radius 2 is 1.96 bits per heavy atom. The molecule has 2 saturated heterocycles. The first kappa shape index (κ1) is 17.4. The molecule has 1 amide bonds. The van der Waals surface area contributed by atoms with Gasteiger partial charge in [-0.15, -0.1) is 10.2 Å². The van der Waals surface area contributed by atoms with Crippen LogP contribution in [-0.4, -0.2) is 68.4 Å². The fourth-order valence-electron chi connectivity index (χ4n) is 3.85. The Morgan fingerprint density at radius 3 is 2.71 bits per heavy atom.